The van der Waals surface area contributed by atoms with E-state index in [-0.39, 0.29) is 35.4 Å². The Balaban J connectivity index is 1.32. The minimum atomic E-state index is -4.64. The van der Waals surface area contributed by atoms with Crippen molar-refractivity contribution in [3.63, 3.8) is 0 Å². The number of hydrogen-bond acceptors (Lipinski definition) is 7. The summed E-state index contributed by atoms with van der Waals surface area (Å²) in [6.45, 7) is 13.1. The predicted octanol–water partition coefficient (Wildman–Crippen LogP) is 7.16. The molecule has 0 bridgehead atoms. The molecule has 10 nitrogen and oxygen atoms in total. The van der Waals surface area contributed by atoms with Gasteiger partial charge in [-0.1, -0.05) is 20.8 Å². The minimum Gasteiger partial charge on any atom is -0.382 e. The summed E-state index contributed by atoms with van der Waals surface area (Å²) in [6.07, 6.45) is -0.654. The second-order valence-corrected chi connectivity index (χ2v) is 21.6. The van der Waals surface area contributed by atoms with Crippen molar-refractivity contribution in [3.8, 4) is 11.6 Å². The molecule has 3 aliphatic rings. The lowest BCUT2D eigenvalue weighted by Crippen LogP contribution is -2.57. The topological polar surface area (TPSA) is 99.7 Å². The highest BCUT2D eigenvalue weighted by Gasteiger charge is 2.54. The molecule has 1 fully saturated rings. The number of carbonyl (C=O) groups excluding carboxylic acids is 1. The normalized spacial score (nSPS) is 21.9. The number of rotatable bonds is 7. The Labute approximate surface area is 297 Å². The van der Waals surface area contributed by atoms with Crippen LogP contribution in [-0.4, -0.2) is 62.6 Å². The third-order valence-electron chi connectivity index (χ3n) is 10.8. The summed E-state index contributed by atoms with van der Waals surface area (Å²) in [4.78, 5) is 19.1. The zero-order valence-electron chi connectivity index (χ0n) is 29.2. The van der Waals surface area contributed by atoms with Crippen LogP contribution in [0.5, 0.6) is 5.88 Å². The van der Waals surface area contributed by atoms with Gasteiger partial charge in [0.15, 0.2) is 25.2 Å². The van der Waals surface area contributed by atoms with E-state index in [1.807, 2.05) is 10.7 Å². The number of piperidine rings is 1. The Kier molecular flexibility index (Phi) is 9.12. The first-order chi connectivity index (χ1) is 24.0. The van der Waals surface area contributed by atoms with Crippen LogP contribution in [-0.2, 0) is 48.1 Å². The van der Waals surface area contributed by atoms with Gasteiger partial charge < -0.3 is 8.92 Å². The Hall–Kier alpha value is -3.73. The van der Waals surface area contributed by atoms with Crippen LogP contribution in [0.1, 0.15) is 60.2 Å². The molecule has 3 aromatic heterocycles. The Morgan fingerprint density at radius 1 is 1.12 bits per heavy atom. The van der Waals surface area contributed by atoms with E-state index >= 15 is 0 Å². The van der Waals surface area contributed by atoms with Gasteiger partial charge in [-0.05, 0) is 85.3 Å². The summed E-state index contributed by atoms with van der Waals surface area (Å²) in [7, 11) is -2.35. The molecule has 0 spiro atoms. The lowest BCUT2D eigenvalue weighted by atomic mass is 9.60. The zero-order chi connectivity index (χ0) is 36.3. The largest absolute Gasteiger partial charge is 0.416 e. The molecule has 1 unspecified atom stereocenters. The summed E-state index contributed by atoms with van der Waals surface area (Å²) >= 11 is -1.18. The third-order valence-corrected chi connectivity index (χ3v) is 18.0. The molecular formula is C35H41F4N7O3SSi. The van der Waals surface area contributed by atoms with Gasteiger partial charge in [-0.2, -0.15) is 18.3 Å². The fourth-order valence-corrected chi connectivity index (χ4v) is 11.1. The summed E-state index contributed by atoms with van der Waals surface area (Å²) in [5.41, 5.74) is 0.976. The molecule has 272 valence electrons. The van der Waals surface area contributed by atoms with Crippen molar-refractivity contribution in [3.05, 3.63) is 88.9 Å². The van der Waals surface area contributed by atoms with E-state index in [0.29, 0.717) is 50.7 Å². The highest BCUT2D eigenvalue weighted by molar-refractivity contribution is 7.81. The van der Waals surface area contributed by atoms with Crippen molar-refractivity contribution in [2.75, 3.05) is 19.7 Å². The van der Waals surface area contributed by atoms with E-state index in [1.165, 1.54) is 12.1 Å². The van der Waals surface area contributed by atoms with Crippen molar-refractivity contribution in [2.24, 2.45) is 15.4 Å². The van der Waals surface area contributed by atoms with Gasteiger partial charge in [0.05, 0.1) is 48.3 Å². The van der Waals surface area contributed by atoms with E-state index in [4.69, 9.17) is 18.0 Å². The fraction of sp³-hybridized carbons (Fsp3) is 0.486. The minimum absolute atomic E-state index is 0.120. The number of pyridine rings is 1. The number of carbonyl (C=O) groups is 1. The van der Waals surface area contributed by atoms with Gasteiger partial charge in [-0.25, -0.2) is 13.4 Å². The van der Waals surface area contributed by atoms with E-state index in [2.05, 4.69) is 48.3 Å². The number of nitrogens with zero attached hydrogens (tertiary/aromatic N) is 7. The highest BCUT2D eigenvalue weighted by Crippen LogP contribution is 2.49. The molecule has 16 heteroatoms. The number of alkyl halides is 3. The lowest BCUT2D eigenvalue weighted by Gasteiger charge is -2.49. The van der Waals surface area contributed by atoms with Crippen molar-refractivity contribution in [2.45, 2.75) is 77.5 Å². The molecule has 51 heavy (non-hydrogen) atoms. The number of halogens is 4. The molecule has 3 atom stereocenters. The number of benzene rings is 1. The maximum atomic E-state index is 14.8. The summed E-state index contributed by atoms with van der Waals surface area (Å²) in [6, 6.07) is 9.63. The molecule has 1 aromatic carbocycles. The number of ether oxygens (including phenoxy) is 1. The van der Waals surface area contributed by atoms with Crippen LogP contribution in [0, 0.1) is 17.2 Å². The van der Waals surface area contributed by atoms with Crippen LogP contribution in [0.15, 0.2) is 58.9 Å². The monoisotopic (exact) mass is 743 g/mol. The molecule has 5 heterocycles. The van der Waals surface area contributed by atoms with Crippen LogP contribution < -0.4 is 4.18 Å². The number of aromatic nitrogens is 5. The number of ketones is 1. The molecule has 0 radical (unpaired) electrons. The summed E-state index contributed by atoms with van der Waals surface area (Å²) in [5.74, 6) is -0.657. The van der Waals surface area contributed by atoms with Gasteiger partial charge >= 0.3 is 6.18 Å². The zero-order valence-corrected chi connectivity index (χ0v) is 31.0. The first kappa shape index (κ1) is 35.7. The van der Waals surface area contributed by atoms with Gasteiger partial charge in [0.2, 0.25) is 5.88 Å². The fourth-order valence-electron chi connectivity index (χ4n) is 6.85. The van der Waals surface area contributed by atoms with Crippen LogP contribution in [0.25, 0.3) is 5.69 Å². The van der Waals surface area contributed by atoms with Gasteiger partial charge in [0.1, 0.15) is 11.5 Å². The van der Waals surface area contributed by atoms with Gasteiger partial charge in [-0.15, -0.1) is 5.10 Å². The molecule has 1 saturated heterocycles. The number of Topliss-reactive ketones (excluding diaryl/α,β-unsaturated/α-hetero) is 1. The van der Waals surface area contributed by atoms with E-state index in [0.717, 1.165) is 35.3 Å². The summed E-state index contributed by atoms with van der Waals surface area (Å²) < 4.78 is 78.8. The molecule has 2 aliphatic heterocycles. The van der Waals surface area contributed by atoms with Crippen LogP contribution in [0.2, 0.25) is 18.1 Å². The maximum Gasteiger partial charge on any atom is 0.416 e. The first-order valence-corrected chi connectivity index (χ1v) is 21.0. The molecule has 0 N–H and O–H groups in total. The standard InChI is InChI=1S/C35H41F4N7O3SSi/c1-33(2,3)51(4,5)43-50(49-31-18-28-21-48-15-14-45(28)42-31)44-13-11-24-17-30-23(20-41-46(30)27-8-6-26(36)7-9-27)19-34(24,22-44)32(47)29-16-25(10-12-40-29)35(37,38)39/h6-10,12,16,18,20,24H,11,13-15,17,19,21-22H2,1-5H3/t24-,34-,50?/m0/s1. The van der Waals surface area contributed by atoms with E-state index < -0.39 is 42.3 Å². The molecular weight excluding hydrogens is 703 g/mol. The molecule has 7 rings (SSSR count). The van der Waals surface area contributed by atoms with E-state index in [1.54, 1.807) is 23.0 Å². The Morgan fingerprint density at radius 2 is 1.88 bits per heavy atom. The number of hydrogen-bond donors (Lipinski definition) is 0. The molecule has 0 amide bonds. The van der Waals surface area contributed by atoms with Crippen LogP contribution in [0.3, 0.4) is 0 Å². The van der Waals surface area contributed by atoms with E-state index in [9.17, 15) is 22.4 Å². The third kappa shape index (κ3) is 6.82. The summed E-state index contributed by atoms with van der Waals surface area (Å²) in [5, 5.41) is 9.20. The number of fused-ring (bicyclic) bond motifs is 3. The lowest BCUT2D eigenvalue weighted by molar-refractivity contribution is -0.137. The van der Waals surface area contributed by atoms with Crippen molar-refractivity contribution >= 4 is 25.2 Å². The van der Waals surface area contributed by atoms with Gasteiger partial charge in [0.25, 0.3) is 0 Å². The second kappa shape index (κ2) is 13.0. The van der Waals surface area contributed by atoms with Gasteiger partial charge in [-0.3, -0.25) is 18.5 Å². The highest BCUT2D eigenvalue weighted by atomic mass is 32.2. The average molecular weight is 744 g/mol. The van der Waals surface area contributed by atoms with Crippen molar-refractivity contribution < 1.29 is 31.3 Å². The average Bonchev–Trinajstić information content (AvgIpc) is 3.69. The van der Waals surface area contributed by atoms with Crippen LogP contribution in [0.4, 0.5) is 17.6 Å². The van der Waals surface area contributed by atoms with Gasteiger partial charge in [0, 0.05) is 31.0 Å². The molecule has 4 aromatic rings. The molecule has 0 saturated carbocycles. The maximum absolute atomic E-state index is 14.8. The Bertz CT molecular complexity index is 1970. The smallest absolute Gasteiger partial charge is 0.382 e. The first-order valence-electron chi connectivity index (χ1n) is 17.0. The van der Waals surface area contributed by atoms with Crippen molar-refractivity contribution in [1.82, 2.24) is 28.9 Å². The van der Waals surface area contributed by atoms with Crippen molar-refractivity contribution in [1.29, 1.82) is 0 Å². The second-order valence-electron chi connectivity index (χ2n) is 15.1. The molecule has 1 aliphatic carbocycles. The quantitative estimate of drug-likeness (QED) is 0.113. The van der Waals surface area contributed by atoms with Crippen LogP contribution >= 0.6 is 0 Å². The SMILES string of the molecule is CC(C)(C)[Si](C)(C)N=S(Oc1cc2n(n1)CCOC2)N1CC[C@H]2Cc3c(cnn3-c3ccc(F)cc3)C[C@]2(C(=O)c2cc(C(F)(F)F)ccn2)C1. The predicted molar refractivity (Wildman–Crippen MR) is 186 cm³/mol. The Morgan fingerprint density at radius 3 is 2.59 bits per heavy atom.